The van der Waals surface area contributed by atoms with Gasteiger partial charge in [0.05, 0.1) is 5.57 Å². The molecular formula is C10H8BrNO2. The molecule has 0 saturated carbocycles. The summed E-state index contributed by atoms with van der Waals surface area (Å²) in [6.45, 7) is 0.254. The normalized spacial score (nSPS) is 13.9. The summed E-state index contributed by atoms with van der Waals surface area (Å²) < 4.78 is 6.31. The van der Waals surface area contributed by atoms with Crippen LogP contribution in [0.4, 0.5) is 0 Å². The predicted octanol–water partition coefficient (Wildman–Crippen LogP) is 1.71. The van der Waals surface area contributed by atoms with E-state index in [2.05, 4.69) is 15.9 Å². The van der Waals surface area contributed by atoms with Crippen molar-refractivity contribution in [1.82, 2.24) is 0 Å². The van der Waals surface area contributed by atoms with Gasteiger partial charge in [0.2, 0.25) is 5.91 Å². The molecule has 0 aromatic heterocycles. The monoisotopic (exact) mass is 253 g/mol. The van der Waals surface area contributed by atoms with Crippen molar-refractivity contribution in [3.05, 3.63) is 33.8 Å². The van der Waals surface area contributed by atoms with Gasteiger partial charge in [-0.3, -0.25) is 4.79 Å². The predicted molar refractivity (Wildman–Crippen MR) is 56.8 cm³/mol. The van der Waals surface area contributed by atoms with Crippen molar-refractivity contribution < 1.29 is 9.53 Å². The zero-order valence-electron chi connectivity index (χ0n) is 7.29. The van der Waals surface area contributed by atoms with Gasteiger partial charge in [0.1, 0.15) is 12.4 Å². The van der Waals surface area contributed by atoms with E-state index in [-0.39, 0.29) is 6.61 Å². The Morgan fingerprint density at radius 1 is 1.50 bits per heavy atom. The standard InChI is InChI=1S/C10H8BrNO2/c11-8-1-2-9-6(4-8)3-7(5-14-9)10(12)13/h1-4H,5H2,(H2,12,13). The summed E-state index contributed by atoms with van der Waals surface area (Å²) in [7, 11) is 0. The first kappa shape index (κ1) is 9.27. The molecule has 0 bridgehead atoms. The molecule has 2 rings (SSSR count). The molecule has 1 amide bonds. The van der Waals surface area contributed by atoms with Crippen molar-refractivity contribution in [3.63, 3.8) is 0 Å². The highest BCUT2D eigenvalue weighted by atomic mass is 79.9. The van der Waals surface area contributed by atoms with Crippen LogP contribution in [0.3, 0.4) is 0 Å². The fourth-order valence-corrected chi connectivity index (χ4v) is 1.67. The molecule has 0 aliphatic carbocycles. The van der Waals surface area contributed by atoms with Crippen molar-refractivity contribution >= 4 is 27.9 Å². The largest absolute Gasteiger partial charge is 0.488 e. The third-order valence-electron chi connectivity index (χ3n) is 2.00. The van der Waals surface area contributed by atoms with Crippen LogP contribution >= 0.6 is 15.9 Å². The minimum absolute atomic E-state index is 0.254. The molecule has 0 saturated heterocycles. The lowest BCUT2D eigenvalue weighted by molar-refractivity contribution is -0.114. The van der Waals surface area contributed by atoms with Crippen LogP contribution in [0.2, 0.25) is 0 Å². The Balaban J connectivity index is 2.47. The summed E-state index contributed by atoms with van der Waals surface area (Å²) in [6.07, 6.45) is 1.76. The van der Waals surface area contributed by atoms with E-state index in [0.29, 0.717) is 5.57 Å². The van der Waals surface area contributed by atoms with Crippen LogP contribution < -0.4 is 10.5 Å². The summed E-state index contributed by atoms with van der Waals surface area (Å²) in [5.41, 5.74) is 6.53. The van der Waals surface area contributed by atoms with Gasteiger partial charge in [0, 0.05) is 10.0 Å². The van der Waals surface area contributed by atoms with Gasteiger partial charge in [0.25, 0.3) is 0 Å². The Labute approximate surface area is 89.7 Å². The van der Waals surface area contributed by atoms with Crippen LogP contribution in [-0.4, -0.2) is 12.5 Å². The van der Waals surface area contributed by atoms with E-state index in [0.717, 1.165) is 15.8 Å². The molecule has 14 heavy (non-hydrogen) atoms. The fraction of sp³-hybridized carbons (Fsp3) is 0.100. The first-order valence-corrected chi connectivity index (χ1v) is 4.89. The van der Waals surface area contributed by atoms with Crippen molar-refractivity contribution in [3.8, 4) is 5.75 Å². The number of carbonyl (C=O) groups excluding carboxylic acids is 1. The third-order valence-corrected chi connectivity index (χ3v) is 2.49. The minimum Gasteiger partial charge on any atom is -0.488 e. The topological polar surface area (TPSA) is 52.3 Å². The molecular weight excluding hydrogens is 246 g/mol. The maximum atomic E-state index is 10.9. The highest BCUT2D eigenvalue weighted by Gasteiger charge is 2.14. The number of halogens is 1. The second kappa shape index (κ2) is 3.46. The number of amides is 1. The molecule has 72 valence electrons. The summed E-state index contributed by atoms with van der Waals surface area (Å²) in [5, 5.41) is 0. The van der Waals surface area contributed by atoms with Crippen LogP contribution in [0.25, 0.3) is 6.08 Å². The number of benzene rings is 1. The summed E-state index contributed by atoms with van der Waals surface area (Å²) in [6, 6.07) is 5.63. The average molecular weight is 254 g/mol. The van der Waals surface area contributed by atoms with E-state index >= 15 is 0 Å². The molecule has 2 N–H and O–H groups in total. The Kier molecular flexibility index (Phi) is 2.29. The number of nitrogens with two attached hydrogens (primary N) is 1. The summed E-state index contributed by atoms with van der Waals surface area (Å²) in [5.74, 6) is 0.342. The highest BCUT2D eigenvalue weighted by Crippen LogP contribution is 2.28. The quantitative estimate of drug-likeness (QED) is 0.829. The SMILES string of the molecule is NC(=O)C1=Cc2cc(Br)ccc2OC1. The van der Waals surface area contributed by atoms with E-state index in [4.69, 9.17) is 10.5 Å². The molecule has 0 radical (unpaired) electrons. The number of hydrogen-bond acceptors (Lipinski definition) is 2. The highest BCUT2D eigenvalue weighted by molar-refractivity contribution is 9.10. The smallest absolute Gasteiger partial charge is 0.248 e. The Hall–Kier alpha value is -1.29. The number of rotatable bonds is 1. The van der Waals surface area contributed by atoms with E-state index in [9.17, 15) is 4.79 Å². The molecule has 1 aliphatic rings. The summed E-state index contributed by atoms with van der Waals surface area (Å²) in [4.78, 5) is 10.9. The first-order valence-electron chi connectivity index (χ1n) is 4.09. The number of primary amides is 1. The molecule has 4 heteroatoms. The fourth-order valence-electron chi connectivity index (χ4n) is 1.29. The Bertz CT molecular complexity index is 426. The van der Waals surface area contributed by atoms with Gasteiger partial charge in [-0.15, -0.1) is 0 Å². The number of hydrogen-bond donors (Lipinski definition) is 1. The molecule has 1 aromatic rings. The minimum atomic E-state index is -0.435. The molecule has 0 unspecified atom stereocenters. The molecule has 0 fully saturated rings. The van der Waals surface area contributed by atoms with E-state index < -0.39 is 5.91 Å². The first-order chi connectivity index (χ1) is 6.66. The molecule has 0 atom stereocenters. The lowest BCUT2D eigenvalue weighted by Crippen LogP contribution is -2.21. The number of fused-ring (bicyclic) bond motifs is 1. The van der Waals surface area contributed by atoms with Crippen LogP contribution in [0.1, 0.15) is 5.56 Å². The van der Waals surface area contributed by atoms with Gasteiger partial charge < -0.3 is 10.5 Å². The second-order valence-electron chi connectivity index (χ2n) is 3.00. The summed E-state index contributed by atoms with van der Waals surface area (Å²) >= 11 is 3.35. The van der Waals surface area contributed by atoms with E-state index in [1.807, 2.05) is 18.2 Å². The maximum Gasteiger partial charge on any atom is 0.248 e. The lowest BCUT2D eigenvalue weighted by Gasteiger charge is -2.16. The van der Waals surface area contributed by atoms with Gasteiger partial charge in [-0.25, -0.2) is 0 Å². The van der Waals surface area contributed by atoms with Crippen LogP contribution in [0.5, 0.6) is 5.75 Å². The van der Waals surface area contributed by atoms with Gasteiger partial charge in [0.15, 0.2) is 0 Å². The van der Waals surface area contributed by atoms with Crippen molar-refractivity contribution in [1.29, 1.82) is 0 Å². The van der Waals surface area contributed by atoms with Crippen LogP contribution in [0, 0.1) is 0 Å². The van der Waals surface area contributed by atoms with Crippen LogP contribution in [-0.2, 0) is 4.79 Å². The Morgan fingerprint density at radius 2 is 2.29 bits per heavy atom. The number of carbonyl (C=O) groups is 1. The van der Waals surface area contributed by atoms with Gasteiger partial charge >= 0.3 is 0 Å². The maximum absolute atomic E-state index is 10.9. The molecule has 3 nitrogen and oxygen atoms in total. The van der Waals surface area contributed by atoms with E-state index in [1.54, 1.807) is 6.08 Å². The van der Waals surface area contributed by atoms with Gasteiger partial charge in [-0.1, -0.05) is 15.9 Å². The zero-order chi connectivity index (χ0) is 10.1. The molecule has 1 aromatic carbocycles. The van der Waals surface area contributed by atoms with Crippen molar-refractivity contribution in [2.75, 3.05) is 6.61 Å². The van der Waals surface area contributed by atoms with Crippen molar-refractivity contribution in [2.45, 2.75) is 0 Å². The van der Waals surface area contributed by atoms with Crippen molar-refractivity contribution in [2.24, 2.45) is 5.73 Å². The molecule has 1 aliphatic heterocycles. The molecule has 1 heterocycles. The molecule has 0 spiro atoms. The van der Waals surface area contributed by atoms with Gasteiger partial charge in [-0.05, 0) is 24.3 Å². The second-order valence-corrected chi connectivity index (χ2v) is 3.92. The van der Waals surface area contributed by atoms with E-state index in [1.165, 1.54) is 0 Å². The number of ether oxygens (including phenoxy) is 1. The lowest BCUT2D eigenvalue weighted by atomic mass is 10.1. The van der Waals surface area contributed by atoms with Crippen LogP contribution in [0.15, 0.2) is 28.2 Å². The van der Waals surface area contributed by atoms with Gasteiger partial charge in [-0.2, -0.15) is 0 Å². The average Bonchev–Trinajstić information content (AvgIpc) is 2.16. The zero-order valence-corrected chi connectivity index (χ0v) is 8.87. The Morgan fingerprint density at radius 3 is 3.00 bits per heavy atom. The third kappa shape index (κ3) is 1.65.